The molecule has 0 aliphatic heterocycles. The maximum atomic E-state index is 11.7. The van der Waals surface area contributed by atoms with E-state index in [0.29, 0.717) is 16.2 Å². The lowest BCUT2D eigenvalue weighted by atomic mass is 10.1. The maximum absolute atomic E-state index is 11.7. The van der Waals surface area contributed by atoms with Crippen LogP contribution in [-0.4, -0.2) is 21.0 Å². The highest BCUT2D eigenvalue weighted by Gasteiger charge is 2.15. The molecule has 0 fully saturated rings. The van der Waals surface area contributed by atoms with Crippen molar-refractivity contribution in [3.8, 4) is 0 Å². The second-order valence-electron chi connectivity index (χ2n) is 3.32. The first-order valence-corrected chi connectivity index (χ1v) is 6.02. The van der Waals surface area contributed by atoms with Gasteiger partial charge >= 0.3 is 5.97 Å². The van der Waals surface area contributed by atoms with Crippen LogP contribution in [0.15, 0.2) is 17.0 Å². The Hall–Kier alpha value is -1.16. The fourth-order valence-electron chi connectivity index (χ4n) is 1.55. The molecule has 1 atom stereocenters. The number of hydrogen-bond acceptors (Lipinski definition) is 2. The lowest BCUT2D eigenvalue weighted by Crippen LogP contribution is -2.07. The molecule has 0 heterocycles. The topological polar surface area (TPSA) is 54.4 Å². The first kappa shape index (κ1) is 11.9. The Morgan fingerprint density at radius 1 is 1.40 bits per heavy atom. The zero-order chi connectivity index (χ0) is 11.6. The average molecular weight is 226 g/mol. The van der Waals surface area contributed by atoms with E-state index in [-0.39, 0.29) is 5.56 Å². The molecule has 0 saturated carbocycles. The van der Waals surface area contributed by atoms with E-state index in [0.717, 1.165) is 5.56 Å². The van der Waals surface area contributed by atoms with E-state index in [1.165, 1.54) is 0 Å². The van der Waals surface area contributed by atoms with Gasteiger partial charge in [-0.1, -0.05) is 13.0 Å². The van der Waals surface area contributed by atoms with Gasteiger partial charge in [-0.3, -0.25) is 4.21 Å². The van der Waals surface area contributed by atoms with Crippen LogP contribution in [0.2, 0.25) is 0 Å². The summed E-state index contributed by atoms with van der Waals surface area (Å²) in [5, 5.41) is 8.94. The number of aryl methyl sites for hydroxylation is 1. The van der Waals surface area contributed by atoms with E-state index < -0.39 is 16.8 Å². The van der Waals surface area contributed by atoms with Crippen molar-refractivity contribution in [1.29, 1.82) is 0 Å². The van der Waals surface area contributed by atoms with Crippen LogP contribution in [-0.2, 0) is 10.8 Å². The fraction of sp³-hybridized carbons (Fsp3) is 0.364. The summed E-state index contributed by atoms with van der Waals surface area (Å²) < 4.78 is 11.7. The van der Waals surface area contributed by atoms with Crippen LogP contribution in [0, 0.1) is 13.8 Å². The Labute approximate surface area is 91.6 Å². The van der Waals surface area contributed by atoms with Crippen molar-refractivity contribution in [2.75, 3.05) is 5.75 Å². The van der Waals surface area contributed by atoms with Gasteiger partial charge in [0, 0.05) is 10.6 Å². The van der Waals surface area contributed by atoms with Gasteiger partial charge in [-0.25, -0.2) is 4.79 Å². The zero-order valence-corrected chi connectivity index (χ0v) is 9.85. The van der Waals surface area contributed by atoms with Gasteiger partial charge in [0.05, 0.1) is 16.4 Å². The van der Waals surface area contributed by atoms with Crippen LogP contribution in [0.3, 0.4) is 0 Å². The second kappa shape index (κ2) is 4.57. The monoisotopic (exact) mass is 226 g/mol. The molecule has 0 aliphatic rings. The Balaban J connectivity index is 3.43. The van der Waals surface area contributed by atoms with Crippen molar-refractivity contribution in [2.45, 2.75) is 25.7 Å². The van der Waals surface area contributed by atoms with Gasteiger partial charge in [0.15, 0.2) is 0 Å². The van der Waals surface area contributed by atoms with Crippen LogP contribution >= 0.6 is 0 Å². The van der Waals surface area contributed by atoms with Gasteiger partial charge in [0.2, 0.25) is 0 Å². The van der Waals surface area contributed by atoms with Crippen molar-refractivity contribution in [2.24, 2.45) is 0 Å². The number of aromatic carboxylic acids is 1. The summed E-state index contributed by atoms with van der Waals surface area (Å²) in [7, 11) is -1.10. The molecule has 0 aliphatic carbocycles. The van der Waals surface area contributed by atoms with Gasteiger partial charge in [0.25, 0.3) is 0 Å². The molecule has 1 aromatic carbocycles. The standard InChI is InChI=1S/C11H14O3S/c1-4-15(14)10-7(2)5-6-9(8(10)3)11(12)13/h5-6H,4H2,1-3H3,(H,12,13)/t15-/m0/s1. The fourth-order valence-corrected chi connectivity index (χ4v) is 2.72. The molecule has 3 nitrogen and oxygen atoms in total. The molecule has 0 bridgehead atoms. The van der Waals surface area contributed by atoms with E-state index in [1.807, 2.05) is 13.8 Å². The van der Waals surface area contributed by atoms with Crippen molar-refractivity contribution < 1.29 is 14.1 Å². The summed E-state index contributed by atoms with van der Waals surface area (Å²) in [5.74, 6) is -0.466. The molecule has 15 heavy (non-hydrogen) atoms. The molecule has 0 amide bonds. The molecule has 1 rings (SSSR count). The molecule has 82 valence electrons. The molecule has 1 N–H and O–H groups in total. The Morgan fingerprint density at radius 3 is 2.47 bits per heavy atom. The molecule has 0 radical (unpaired) electrons. The summed E-state index contributed by atoms with van der Waals surface area (Å²) >= 11 is 0. The van der Waals surface area contributed by atoms with Crippen LogP contribution in [0.4, 0.5) is 0 Å². The minimum Gasteiger partial charge on any atom is -0.478 e. The third-order valence-corrected chi connectivity index (χ3v) is 3.93. The summed E-state index contributed by atoms with van der Waals surface area (Å²) in [6, 6.07) is 3.27. The molecule has 1 aromatic rings. The summed E-state index contributed by atoms with van der Waals surface area (Å²) in [6.45, 7) is 5.38. The van der Waals surface area contributed by atoms with Gasteiger partial charge < -0.3 is 5.11 Å². The number of carboxylic acids is 1. The average Bonchev–Trinajstić information content (AvgIpc) is 2.16. The minimum atomic E-state index is -1.10. The normalized spacial score (nSPS) is 12.5. The van der Waals surface area contributed by atoms with Crippen LogP contribution in [0.1, 0.15) is 28.4 Å². The third kappa shape index (κ3) is 2.26. The smallest absolute Gasteiger partial charge is 0.335 e. The molecule has 0 saturated heterocycles. The molecule has 0 aromatic heterocycles. The number of carbonyl (C=O) groups is 1. The number of rotatable bonds is 3. The summed E-state index contributed by atoms with van der Waals surface area (Å²) in [5.41, 5.74) is 1.73. The first-order chi connectivity index (χ1) is 6.99. The predicted molar refractivity (Wildman–Crippen MR) is 59.8 cm³/mol. The van der Waals surface area contributed by atoms with Crippen molar-refractivity contribution in [3.05, 3.63) is 28.8 Å². The lowest BCUT2D eigenvalue weighted by molar-refractivity contribution is 0.0696. The largest absolute Gasteiger partial charge is 0.478 e. The SMILES string of the molecule is CC[S@](=O)c1c(C)ccc(C(=O)O)c1C. The maximum Gasteiger partial charge on any atom is 0.335 e. The summed E-state index contributed by atoms with van der Waals surface area (Å²) in [4.78, 5) is 11.6. The number of benzene rings is 1. The van der Waals surface area contributed by atoms with E-state index >= 15 is 0 Å². The van der Waals surface area contributed by atoms with Gasteiger partial charge in [-0.15, -0.1) is 0 Å². The van der Waals surface area contributed by atoms with E-state index in [9.17, 15) is 9.00 Å². The highest BCUT2D eigenvalue weighted by atomic mass is 32.2. The summed E-state index contributed by atoms with van der Waals surface area (Å²) in [6.07, 6.45) is 0. The van der Waals surface area contributed by atoms with Gasteiger partial charge in [-0.2, -0.15) is 0 Å². The van der Waals surface area contributed by atoms with Gasteiger partial charge in [0.1, 0.15) is 0 Å². The predicted octanol–water partition coefficient (Wildman–Crippen LogP) is 2.13. The number of carboxylic acid groups (broad SMARTS) is 1. The molecule has 0 unspecified atom stereocenters. The molecular weight excluding hydrogens is 212 g/mol. The Morgan fingerprint density at radius 2 is 2.00 bits per heavy atom. The first-order valence-electron chi connectivity index (χ1n) is 4.70. The highest BCUT2D eigenvalue weighted by Crippen LogP contribution is 2.22. The van der Waals surface area contributed by atoms with Crippen molar-refractivity contribution in [3.63, 3.8) is 0 Å². The van der Waals surface area contributed by atoms with Crippen LogP contribution < -0.4 is 0 Å². The number of hydrogen-bond donors (Lipinski definition) is 1. The van der Waals surface area contributed by atoms with E-state index in [2.05, 4.69) is 0 Å². The quantitative estimate of drug-likeness (QED) is 0.859. The van der Waals surface area contributed by atoms with Crippen LogP contribution in [0.5, 0.6) is 0 Å². The second-order valence-corrected chi connectivity index (χ2v) is 5.00. The zero-order valence-electron chi connectivity index (χ0n) is 9.03. The lowest BCUT2D eigenvalue weighted by Gasteiger charge is -2.10. The molecule has 0 spiro atoms. The van der Waals surface area contributed by atoms with E-state index in [4.69, 9.17) is 5.11 Å². The van der Waals surface area contributed by atoms with E-state index in [1.54, 1.807) is 19.1 Å². The Bertz CT molecular complexity index is 424. The van der Waals surface area contributed by atoms with Gasteiger partial charge in [-0.05, 0) is 31.0 Å². The van der Waals surface area contributed by atoms with Crippen molar-refractivity contribution in [1.82, 2.24) is 0 Å². The highest BCUT2D eigenvalue weighted by molar-refractivity contribution is 7.85. The Kier molecular flexibility index (Phi) is 3.63. The van der Waals surface area contributed by atoms with Crippen molar-refractivity contribution >= 4 is 16.8 Å². The third-order valence-electron chi connectivity index (χ3n) is 2.32. The van der Waals surface area contributed by atoms with Crippen LogP contribution in [0.25, 0.3) is 0 Å². The minimum absolute atomic E-state index is 0.234. The molecule has 4 heteroatoms. The molecular formula is C11H14O3S.